The van der Waals surface area contributed by atoms with Crippen molar-refractivity contribution in [3.63, 3.8) is 0 Å². The summed E-state index contributed by atoms with van der Waals surface area (Å²) in [5.41, 5.74) is 0. The van der Waals surface area contributed by atoms with E-state index in [0.717, 1.165) is 5.92 Å². The number of nitrogens with one attached hydrogen (secondary N) is 2. The molecule has 2 fully saturated rings. The van der Waals surface area contributed by atoms with Gasteiger partial charge in [0.15, 0.2) is 15.8 Å². The van der Waals surface area contributed by atoms with Crippen LogP contribution in [0.5, 0.6) is 0 Å². The Balaban J connectivity index is 1.93. The molecule has 0 aromatic carbocycles. The van der Waals surface area contributed by atoms with Gasteiger partial charge in [0, 0.05) is 39.1 Å². The molecule has 2 rings (SSSR count). The third-order valence-electron chi connectivity index (χ3n) is 6.54. The molecule has 2 aliphatic rings. The lowest BCUT2D eigenvalue weighted by atomic mass is 9.78. The monoisotopic (exact) mass is 387 g/mol. The third-order valence-corrected chi connectivity index (χ3v) is 8.66. The molecule has 0 bridgehead atoms. The molecular weight excluding hydrogens is 350 g/mol. The number of aliphatic imine (C=N–C) groups is 1. The van der Waals surface area contributed by atoms with E-state index in [2.05, 4.69) is 29.5 Å². The standard InChI is InChI=1S/C19H37N3O3S/c1-15(17-8-6-5-7-9-17)16(2)22-18(20-3)21-14-19(26(4,23)24)10-12-25-13-11-19/h15-17H,5-14H2,1-4H3,(H2,20,21,22). The summed E-state index contributed by atoms with van der Waals surface area (Å²) >= 11 is 0. The maximum Gasteiger partial charge on any atom is 0.191 e. The molecule has 7 heteroatoms. The fraction of sp³-hybridized carbons (Fsp3) is 0.947. The first kappa shape index (κ1) is 21.5. The van der Waals surface area contributed by atoms with Crippen LogP contribution in [0.4, 0.5) is 0 Å². The fourth-order valence-corrected chi connectivity index (χ4v) is 5.52. The van der Waals surface area contributed by atoms with Crippen molar-refractivity contribution < 1.29 is 13.2 Å². The molecule has 1 heterocycles. The predicted octanol–water partition coefficient (Wildman–Crippen LogP) is 2.35. The normalized spacial score (nSPS) is 24.7. The fourth-order valence-electron chi connectivity index (χ4n) is 4.28. The highest BCUT2D eigenvalue weighted by molar-refractivity contribution is 7.92. The van der Waals surface area contributed by atoms with Crippen LogP contribution in [0, 0.1) is 11.8 Å². The Hall–Kier alpha value is -0.820. The molecular formula is C19H37N3O3S. The summed E-state index contributed by atoms with van der Waals surface area (Å²) in [6.07, 6.45) is 9.08. The molecule has 2 atom stereocenters. The number of hydrogen-bond donors (Lipinski definition) is 2. The van der Waals surface area contributed by atoms with Crippen LogP contribution >= 0.6 is 0 Å². The average Bonchev–Trinajstić information content (AvgIpc) is 2.64. The molecule has 0 spiro atoms. The van der Waals surface area contributed by atoms with E-state index in [0.29, 0.717) is 50.5 Å². The summed E-state index contributed by atoms with van der Waals surface area (Å²) in [7, 11) is -1.44. The summed E-state index contributed by atoms with van der Waals surface area (Å²) in [5, 5.41) is 6.76. The number of guanidine groups is 1. The van der Waals surface area contributed by atoms with E-state index in [9.17, 15) is 8.42 Å². The van der Waals surface area contributed by atoms with Gasteiger partial charge in [0.25, 0.3) is 0 Å². The van der Waals surface area contributed by atoms with Gasteiger partial charge in [-0.1, -0.05) is 39.0 Å². The SMILES string of the molecule is CN=C(NCC1(S(C)(=O)=O)CCOCC1)NC(C)C(C)C1CCCCC1. The summed E-state index contributed by atoms with van der Waals surface area (Å²) < 4.78 is 29.4. The molecule has 6 nitrogen and oxygen atoms in total. The minimum atomic E-state index is -3.18. The van der Waals surface area contributed by atoms with Crippen LogP contribution in [0.25, 0.3) is 0 Å². The van der Waals surface area contributed by atoms with Gasteiger partial charge >= 0.3 is 0 Å². The summed E-state index contributed by atoms with van der Waals surface area (Å²) in [4.78, 5) is 4.32. The molecule has 0 aromatic heterocycles. The zero-order chi connectivity index (χ0) is 19.2. The molecule has 2 N–H and O–H groups in total. The van der Waals surface area contributed by atoms with Gasteiger partial charge in [-0.15, -0.1) is 0 Å². The molecule has 1 saturated carbocycles. The number of rotatable bonds is 6. The Labute approximate surface area is 159 Å². The van der Waals surface area contributed by atoms with Crippen LogP contribution in [0.15, 0.2) is 4.99 Å². The molecule has 152 valence electrons. The van der Waals surface area contributed by atoms with Crippen LogP contribution in [-0.4, -0.2) is 58.2 Å². The Morgan fingerprint density at radius 1 is 1.19 bits per heavy atom. The quantitative estimate of drug-likeness (QED) is 0.540. The van der Waals surface area contributed by atoms with Crippen molar-refractivity contribution >= 4 is 15.8 Å². The number of nitrogens with zero attached hydrogens (tertiary/aromatic N) is 1. The summed E-state index contributed by atoms with van der Waals surface area (Å²) in [6.45, 7) is 5.88. The molecule has 26 heavy (non-hydrogen) atoms. The molecule has 1 aliphatic carbocycles. The van der Waals surface area contributed by atoms with Crippen molar-refractivity contribution in [2.75, 3.05) is 33.1 Å². The highest BCUT2D eigenvalue weighted by Gasteiger charge is 2.42. The van der Waals surface area contributed by atoms with Crippen LogP contribution in [0.2, 0.25) is 0 Å². The van der Waals surface area contributed by atoms with Crippen LogP contribution in [-0.2, 0) is 14.6 Å². The zero-order valence-electron chi connectivity index (χ0n) is 16.9. The van der Waals surface area contributed by atoms with Crippen molar-refractivity contribution in [2.45, 2.75) is 69.6 Å². The Morgan fingerprint density at radius 3 is 2.35 bits per heavy atom. The lowest BCUT2D eigenvalue weighted by Gasteiger charge is -2.36. The highest BCUT2D eigenvalue weighted by atomic mass is 32.2. The first-order valence-electron chi connectivity index (χ1n) is 10.0. The van der Waals surface area contributed by atoms with Gasteiger partial charge in [-0.3, -0.25) is 4.99 Å². The van der Waals surface area contributed by atoms with Gasteiger partial charge < -0.3 is 15.4 Å². The number of hydrogen-bond acceptors (Lipinski definition) is 4. The third kappa shape index (κ3) is 5.35. The second kappa shape index (κ2) is 9.40. The smallest absolute Gasteiger partial charge is 0.191 e. The molecule has 0 aromatic rings. The van der Waals surface area contributed by atoms with Crippen molar-refractivity contribution in [1.82, 2.24) is 10.6 Å². The summed E-state index contributed by atoms with van der Waals surface area (Å²) in [5.74, 6) is 2.03. The van der Waals surface area contributed by atoms with E-state index in [1.165, 1.54) is 38.4 Å². The topological polar surface area (TPSA) is 79.8 Å². The zero-order valence-corrected chi connectivity index (χ0v) is 17.7. The van der Waals surface area contributed by atoms with Gasteiger partial charge in [-0.05, 0) is 31.6 Å². The van der Waals surface area contributed by atoms with Crippen molar-refractivity contribution in [3.05, 3.63) is 0 Å². The van der Waals surface area contributed by atoms with E-state index >= 15 is 0 Å². The lowest BCUT2D eigenvalue weighted by molar-refractivity contribution is 0.0756. The molecule has 0 amide bonds. The van der Waals surface area contributed by atoms with Crippen LogP contribution in [0.3, 0.4) is 0 Å². The van der Waals surface area contributed by atoms with E-state index in [1.807, 2.05) is 0 Å². The lowest BCUT2D eigenvalue weighted by Crippen LogP contribution is -2.55. The van der Waals surface area contributed by atoms with Gasteiger partial charge in [0.1, 0.15) is 0 Å². The first-order valence-corrected chi connectivity index (χ1v) is 11.9. The second-order valence-electron chi connectivity index (χ2n) is 8.18. The van der Waals surface area contributed by atoms with E-state index < -0.39 is 14.6 Å². The Kier molecular flexibility index (Phi) is 7.76. The maximum absolute atomic E-state index is 12.4. The van der Waals surface area contributed by atoms with Gasteiger partial charge in [-0.25, -0.2) is 8.42 Å². The van der Waals surface area contributed by atoms with Crippen molar-refractivity contribution in [2.24, 2.45) is 16.8 Å². The Bertz CT molecular complexity index is 565. The van der Waals surface area contributed by atoms with Gasteiger partial charge in [0.05, 0.1) is 4.75 Å². The molecule has 1 saturated heterocycles. The molecule has 1 aliphatic heterocycles. The molecule has 0 radical (unpaired) electrons. The van der Waals surface area contributed by atoms with Crippen LogP contribution < -0.4 is 10.6 Å². The van der Waals surface area contributed by atoms with Crippen molar-refractivity contribution in [1.29, 1.82) is 0 Å². The Morgan fingerprint density at radius 2 is 1.81 bits per heavy atom. The second-order valence-corrected chi connectivity index (χ2v) is 10.6. The van der Waals surface area contributed by atoms with E-state index in [4.69, 9.17) is 4.74 Å². The van der Waals surface area contributed by atoms with E-state index in [1.54, 1.807) is 7.05 Å². The molecule has 2 unspecified atom stereocenters. The average molecular weight is 388 g/mol. The predicted molar refractivity (Wildman–Crippen MR) is 107 cm³/mol. The van der Waals surface area contributed by atoms with Crippen molar-refractivity contribution in [3.8, 4) is 0 Å². The largest absolute Gasteiger partial charge is 0.381 e. The number of ether oxygens (including phenoxy) is 1. The van der Waals surface area contributed by atoms with E-state index in [-0.39, 0.29) is 0 Å². The highest BCUT2D eigenvalue weighted by Crippen LogP contribution is 2.31. The number of sulfone groups is 1. The summed E-state index contributed by atoms with van der Waals surface area (Å²) in [6, 6.07) is 0.299. The maximum atomic E-state index is 12.4. The van der Waals surface area contributed by atoms with Crippen LogP contribution in [0.1, 0.15) is 58.8 Å². The van der Waals surface area contributed by atoms with Gasteiger partial charge in [0.2, 0.25) is 0 Å². The first-order chi connectivity index (χ1) is 12.3. The van der Waals surface area contributed by atoms with Gasteiger partial charge in [-0.2, -0.15) is 0 Å². The minimum absolute atomic E-state index is 0.299. The minimum Gasteiger partial charge on any atom is -0.381 e.